The lowest BCUT2D eigenvalue weighted by atomic mass is 9.53. The van der Waals surface area contributed by atoms with Gasteiger partial charge in [0.15, 0.2) is 0 Å². The van der Waals surface area contributed by atoms with E-state index >= 15 is 0 Å². The van der Waals surface area contributed by atoms with Gasteiger partial charge in [-0.05, 0) is 36.5 Å². The van der Waals surface area contributed by atoms with Gasteiger partial charge in [0, 0.05) is 0 Å². The van der Waals surface area contributed by atoms with Crippen molar-refractivity contribution in [2.24, 2.45) is 10.8 Å². The summed E-state index contributed by atoms with van der Waals surface area (Å²) in [6.07, 6.45) is 7.51. The summed E-state index contributed by atoms with van der Waals surface area (Å²) in [5.41, 5.74) is 1.54. The summed E-state index contributed by atoms with van der Waals surface area (Å²) in [4.78, 5) is 0. The molecule has 0 aromatic carbocycles. The molecule has 2 atom stereocenters. The Kier molecular flexibility index (Phi) is 0.868. The Hall–Kier alpha value is 0. The molecule has 0 aromatic rings. The largest absolute Gasteiger partial charge is 0.0591 e. The SMILES string of the molecule is C[C@]12CCC[C@]1(C)CC2. The molecule has 0 heteroatoms. The molecule has 2 aliphatic rings. The van der Waals surface area contributed by atoms with Gasteiger partial charge in [-0.1, -0.05) is 20.3 Å². The van der Waals surface area contributed by atoms with Gasteiger partial charge < -0.3 is 0 Å². The zero-order chi connectivity index (χ0) is 6.54. The Balaban J connectivity index is 2.26. The smallest absolute Gasteiger partial charge is 0.0272 e. The standard InChI is InChI=1S/C9H16/c1-8-4-3-5-9(8,2)7-6-8/h3-7H2,1-2H3/t8-,9-/m1/s1. The minimum absolute atomic E-state index is 0.771. The van der Waals surface area contributed by atoms with Gasteiger partial charge in [-0.25, -0.2) is 0 Å². The molecule has 0 heterocycles. The molecule has 2 saturated carbocycles. The van der Waals surface area contributed by atoms with Gasteiger partial charge in [-0.3, -0.25) is 0 Å². The Labute approximate surface area is 57.6 Å². The Morgan fingerprint density at radius 2 is 1.22 bits per heavy atom. The van der Waals surface area contributed by atoms with Crippen LogP contribution in [0.4, 0.5) is 0 Å². The van der Waals surface area contributed by atoms with Gasteiger partial charge in [0.1, 0.15) is 0 Å². The van der Waals surface area contributed by atoms with Crippen LogP contribution in [-0.4, -0.2) is 0 Å². The fourth-order valence-corrected chi connectivity index (χ4v) is 2.70. The van der Waals surface area contributed by atoms with E-state index in [0.717, 1.165) is 10.8 Å². The first-order valence-electron chi connectivity index (χ1n) is 4.16. The summed E-state index contributed by atoms with van der Waals surface area (Å²) in [6.45, 7) is 4.95. The predicted octanol–water partition coefficient (Wildman–Crippen LogP) is 2.98. The molecule has 0 aliphatic heterocycles. The summed E-state index contributed by atoms with van der Waals surface area (Å²) in [6, 6.07) is 0. The predicted molar refractivity (Wildman–Crippen MR) is 39.3 cm³/mol. The molecule has 52 valence electrons. The topological polar surface area (TPSA) is 0 Å². The molecule has 0 unspecified atom stereocenters. The molecule has 0 aromatic heterocycles. The van der Waals surface area contributed by atoms with E-state index in [9.17, 15) is 0 Å². The van der Waals surface area contributed by atoms with Crippen molar-refractivity contribution in [3.8, 4) is 0 Å². The van der Waals surface area contributed by atoms with Gasteiger partial charge in [-0.15, -0.1) is 0 Å². The van der Waals surface area contributed by atoms with Crippen LogP contribution < -0.4 is 0 Å². The number of hydrogen-bond donors (Lipinski definition) is 0. The van der Waals surface area contributed by atoms with Crippen LogP contribution in [0.2, 0.25) is 0 Å². The van der Waals surface area contributed by atoms with E-state index in [-0.39, 0.29) is 0 Å². The average molecular weight is 124 g/mol. The lowest BCUT2D eigenvalue weighted by Gasteiger charge is -2.52. The molecule has 2 rings (SSSR count). The third-order valence-electron chi connectivity index (χ3n) is 4.14. The number of hydrogen-bond acceptors (Lipinski definition) is 0. The van der Waals surface area contributed by atoms with E-state index in [0.29, 0.717) is 0 Å². The highest BCUT2D eigenvalue weighted by atomic mass is 14.6. The highest BCUT2D eigenvalue weighted by molar-refractivity contribution is 5.05. The van der Waals surface area contributed by atoms with Crippen LogP contribution in [0.1, 0.15) is 46.0 Å². The van der Waals surface area contributed by atoms with Crippen LogP contribution in [0.25, 0.3) is 0 Å². The van der Waals surface area contributed by atoms with Crippen LogP contribution in [-0.2, 0) is 0 Å². The normalized spacial score (nSPS) is 56.7. The van der Waals surface area contributed by atoms with Crippen molar-refractivity contribution in [3.63, 3.8) is 0 Å². The molecule has 0 bridgehead atoms. The van der Waals surface area contributed by atoms with Crippen molar-refractivity contribution in [2.45, 2.75) is 46.0 Å². The fourth-order valence-electron chi connectivity index (χ4n) is 2.70. The molecule has 0 nitrogen and oxygen atoms in total. The van der Waals surface area contributed by atoms with Crippen molar-refractivity contribution in [1.29, 1.82) is 0 Å². The summed E-state index contributed by atoms with van der Waals surface area (Å²) in [5.74, 6) is 0. The molecule has 0 saturated heterocycles. The third-order valence-corrected chi connectivity index (χ3v) is 4.14. The molecule has 2 fully saturated rings. The zero-order valence-corrected chi connectivity index (χ0v) is 6.54. The monoisotopic (exact) mass is 124 g/mol. The highest BCUT2D eigenvalue weighted by Crippen LogP contribution is 2.65. The second-order valence-corrected chi connectivity index (χ2v) is 4.47. The summed E-state index contributed by atoms with van der Waals surface area (Å²) in [7, 11) is 0. The van der Waals surface area contributed by atoms with Crippen LogP contribution in [0.15, 0.2) is 0 Å². The molecule has 2 aliphatic carbocycles. The fraction of sp³-hybridized carbons (Fsp3) is 1.00. The van der Waals surface area contributed by atoms with Gasteiger partial charge in [-0.2, -0.15) is 0 Å². The maximum Gasteiger partial charge on any atom is -0.0272 e. The first-order chi connectivity index (χ1) is 4.16. The minimum Gasteiger partial charge on any atom is -0.0591 e. The van der Waals surface area contributed by atoms with Crippen LogP contribution in [0.5, 0.6) is 0 Å². The van der Waals surface area contributed by atoms with Gasteiger partial charge in [0.25, 0.3) is 0 Å². The quantitative estimate of drug-likeness (QED) is 0.465. The average Bonchev–Trinajstić information content (AvgIpc) is 1.98. The summed E-state index contributed by atoms with van der Waals surface area (Å²) in [5, 5.41) is 0. The molecule has 0 spiro atoms. The van der Waals surface area contributed by atoms with Gasteiger partial charge in [0.2, 0.25) is 0 Å². The first kappa shape index (κ1) is 5.76. The molecule has 9 heavy (non-hydrogen) atoms. The minimum atomic E-state index is 0.771. The summed E-state index contributed by atoms with van der Waals surface area (Å²) >= 11 is 0. The van der Waals surface area contributed by atoms with Gasteiger partial charge >= 0.3 is 0 Å². The van der Waals surface area contributed by atoms with Crippen molar-refractivity contribution in [2.75, 3.05) is 0 Å². The number of rotatable bonds is 0. The van der Waals surface area contributed by atoms with E-state index < -0.39 is 0 Å². The van der Waals surface area contributed by atoms with E-state index in [1.165, 1.54) is 32.1 Å². The van der Waals surface area contributed by atoms with E-state index in [4.69, 9.17) is 0 Å². The van der Waals surface area contributed by atoms with Crippen molar-refractivity contribution < 1.29 is 0 Å². The Bertz CT molecular complexity index is 123. The second kappa shape index (κ2) is 1.36. The van der Waals surface area contributed by atoms with E-state index in [1.54, 1.807) is 0 Å². The second-order valence-electron chi connectivity index (χ2n) is 4.47. The van der Waals surface area contributed by atoms with Crippen molar-refractivity contribution in [1.82, 2.24) is 0 Å². The lowest BCUT2D eigenvalue weighted by molar-refractivity contribution is -0.0164. The third kappa shape index (κ3) is 0.500. The number of fused-ring (bicyclic) bond motifs is 1. The maximum atomic E-state index is 2.48. The van der Waals surface area contributed by atoms with Crippen LogP contribution in [0, 0.1) is 10.8 Å². The molecule has 0 radical (unpaired) electrons. The summed E-state index contributed by atoms with van der Waals surface area (Å²) < 4.78 is 0. The van der Waals surface area contributed by atoms with Gasteiger partial charge in [0.05, 0.1) is 0 Å². The molecule has 0 amide bonds. The zero-order valence-electron chi connectivity index (χ0n) is 6.54. The first-order valence-corrected chi connectivity index (χ1v) is 4.16. The molecular formula is C9H16. The molecule has 0 N–H and O–H groups in total. The van der Waals surface area contributed by atoms with Crippen molar-refractivity contribution >= 4 is 0 Å². The Morgan fingerprint density at radius 1 is 0.778 bits per heavy atom. The highest BCUT2D eigenvalue weighted by Gasteiger charge is 2.54. The van der Waals surface area contributed by atoms with E-state index in [1.807, 2.05) is 0 Å². The Morgan fingerprint density at radius 3 is 1.44 bits per heavy atom. The van der Waals surface area contributed by atoms with Crippen LogP contribution >= 0.6 is 0 Å². The molecular weight excluding hydrogens is 108 g/mol. The lowest BCUT2D eigenvalue weighted by Crippen LogP contribution is -2.42. The maximum absolute atomic E-state index is 2.48. The van der Waals surface area contributed by atoms with Crippen LogP contribution in [0.3, 0.4) is 0 Å². The van der Waals surface area contributed by atoms with E-state index in [2.05, 4.69) is 13.8 Å². The van der Waals surface area contributed by atoms with Crippen molar-refractivity contribution in [3.05, 3.63) is 0 Å².